The molecule has 2 saturated heterocycles. The summed E-state index contributed by atoms with van der Waals surface area (Å²) in [5, 5.41) is 14.7. The Bertz CT molecular complexity index is 456. The van der Waals surface area contributed by atoms with Crippen LogP contribution in [0.1, 0.15) is 48.8 Å². The molecule has 2 aliphatic rings. The zero-order chi connectivity index (χ0) is 13.5. The summed E-state index contributed by atoms with van der Waals surface area (Å²) in [5.74, 6) is 0. The number of piperidine rings is 2. The van der Waals surface area contributed by atoms with E-state index < -0.39 is 5.60 Å². The molecule has 3 rings (SSSR count). The Hall–Kier alpha value is -0.860. The maximum atomic E-state index is 11.0. The van der Waals surface area contributed by atoms with Crippen LogP contribution in [0.3, 0.4) is 0 Å². The number of hydrogen-bond acceptors (Lipinski definition) is 2. The van der Waals surface area contributed by atoms with E-state index in [2.05, 4.69) is 37.4 Å². The third kappa shape index (κ3) is 2.70. The summed E-state index contributed by atoms with van der Waals surface area (Å²) in [6.07, 6.45) is 6.42. The van der Waals surface area contributed by atoms with Crippen molar-refractivity contribution < 1.29 is 5.11 Å². The molecule has 0 amide bonds. The highest BCUT2D eigenvalue weighted by atomic mass is 16.3. The van der Waals surface area contributed by atoms with Gasteiger partial charge >= 0.3 is 0 Å². The van der Waals surface area contributed by atoms with Gasteiger partial charge in [0.25, 0.3) is 0 Å². The fraction of sp³-hybridized carbons (Fsp3) is 0.647. The van der Waals surface area contributed by atoms with E-state index in [1.165, 1.54) is 36.0 Å². The third-order valence-corrected chi connectivity index (χ3v) is 5.07. The molecule has 0 aromatic heterocycles. The second kappa shape index (κ2) is 4.92. The molecule has 1 aromatic rings. The lowest BCUT2D eigenvalue weighted by molar-refractivity contribution is -0.0303. The third-order valence-electron chi connectivity index (χ3n) is 5.07. The van der Waals surface area contributed by atoms with Crippen LogP contribution in [0, 0.1) is 13.8 Å². The molecule has 2 bridgehead atoms. The number of hydrogen-bond donors (Lipinski definition) is 2. The normalized spacial score (nSPS) is 34.3. The number of rotatable bonds is 2. The van der Waals surface area contributed by atoms with Crippen molar-refractivity contribution >= 4 is 0 Å². The lowest BCUT2D eigenvalue weighted by Crippen LogP contribution is -2.56. The number of aliphatic hydroxyl groups is 1. The van der Waals surface area contributed by atoms with Gasteiger partial charge in [0.2, 0.25) is 0 Å². The van der Waals surface area contributed by atoms with Crippen LogP contribution in [0.2, 0.25) is 0 Å². The minimum Gasteiger partial charge on any atom is -0.389 e. The quantitative estimate of drug-likeness (QED) is 0.856. The summed E-state index contributed by atoms with van der Waals surface area (Å²) in [5.41, 5.74) is 3.50. The maximum absolute atomic E-state index is 11.0. The maximum Gasteiger partial charge on any atom is 0.0717 e. The fourth-order valence-electron chi connectivity index (χ4n) is 3.94. The monoisotopic (exact) mass is 259 g/mol. The average Bonchev–Trinajstić information content (AvgIpc) is 2.34. The SMILES string of the molecule is Cc1cccc(CC2(O)CC3CCCC(C2)N3)c1C. The number of fused-ring (bicyclic) bond motifs is 2. The molecule has 19 heavy (non-hydrogen) atoms. The van der Waals surface area contributed by atoms with Crippen molar-refractivity contribution in [3.8, 4) is 0 Å². The first-order chi connectivity index (χ1) is 9.06. The molecule has 2 nitrogen and oxygen atoms in total. The van der Waals surface area contributed by atoms with Crippen molar-refractivity contribution in [2.45, 2.75) is 70.1 Å². The Kier molecular flexibility index (Phi) is 3.40. The second-order valence-electron chi connectivity index (χ2n) is 6.66. The van der Waals surface area contributed by atoms with Crippen molar-refractivity contribution in [2.75, 3.05) is 0 Å². The van der Waals surface area contributed by atoms with Gasteiger partial charge in [0, 0.05) is 18.5 Å². The highest BCUT2D eigenvalue weighted by Crippen LogP contribution is 2.35. The van der Waals surface area contributed by atoms with E-state index in [9.17, 15) is 5.11 Å². The summed E-state index contributed by atoms with van der Waals surface area (Å²) < 4.78 is 0. The molecule has 2 atom stereocenters. The van der Waals surface area contributed by atoms with Gasteiger partial charge in [0.15, 0.2) is 0 Å². The predicted molar refractivity (Wildman–Crippen MR) is 78.4 cm³/mol. The summed E-state index contributed by atoms with van der Waals surface area (Å²) in [6, 6.07) is 7.51. The highest BCUT2D eigenvalue weighted by molar-refractivity contribution is 5.34. The molecule has 2 heteroatoms. The number of benzene rings is 1. The molecule has 104 valence electrons. The number of aryl methyl sites for hydroxylation is 1. The Morgan fingerprint density at radius 2 is 1.89 bits per heavy atom. The molecule has 2 N–H and O–H groups in total. The lowest BCUT2D eigenvalue weighted by atomic mass is 9.74. The van der Waals surface area contributed by atoms with E-state index in [0.29, 0.717) is 12.1 Å². The molecule has 0 aliphatic carbocycles. The van der Waals surface area contributed by atoms with Gasteiger partial charge in [-0.05, 0) is 56.2 Å². The largest absolute Gasteiger partial charge is 0.389 e. The summed E-state index contributed by atoms with van der Waals surface area (Å²) in [6.45, 7) is 4.33. The van der Waals surface area contributed by atoms with Gasteiger partial charge in [-0.15, -0.1) is 0 Å². The van der Waals surface area contributed by atoms with Crippen LogP contribution >= 0.6 is 0 Å². The van der Waals surface area contributed by atoms with Gasteiger partial charge in [-0.2, -0.15) is 0 Å². The first-order valence-electron chi connectivity index (χ1n) is 7.59. The van der Waals surface area contributed by atoms with E-state index in [4.69, 9.17) is 0 Å². The van der Waals surface area contributed by atoms with Crippen LogP contribution in [0.25, 0.3) is 0 Å². The Morgan fingerprint density at radius 3 is 2.58 bits per heavy atom. The van der Waals surface area contributed by atoms with Crippen molar-refractivity contribution in [2.24, 2.45) is 0 Å². The number of nitrogens with one attached hydrogen (secondary N) is 1. The highest BCUT2D eigenvalue weighted by Gasteiger charge is 2.40. The van der Waals surface area contributed by atoms with E-state index in [-0.39, 0.29) is 0 Å². The first kappa shape index (κ1) is 13.1. The Balaban J connectivity index is 1.80. The van der Waals surface area contributed by atoms with Gasteiger partial charge in [-0.25, -0.2) is 0 Å². The molecule has 1 aromatic carbocycles. The Labute approximate surface area is 116 Å². The van der Waals surface area contributed by atoms with E-state index in [0.717, 1.165) is 19.3 Å². The van der Waals surface area contributed by atoms with Crippen LogP contribution < -0.4 is 5.32 Å². The molecule has 2 aliphatic heterocycles. The van der Waals surface area contributed by atoms with E-state index >= 15 is 0 Å². The molecule has 2 fully saturated rings. The van der Waals surface area contributed by atoms with E-state index in [1.54, 1.807) is 0 Å². The molecule has 0 saturated carbocycles. The van der Waals surface area contributed by atoms with Crippen molar-refractivity contribution in [1.29, 1.82) is 0 Å². The minimum absolute atomic E-state index is 0.500. The molecular weight excluding hydrogens is 234 g/mol. The van der Waals surface area contributed by atoms with Crippen LogP contribution in [0.15, 0.2) is 18.2 Å². The lowest BCUT2D eigenvalue weighted by Gasteiger charge is -2.45. The zero-order valence-electron chi connectivity index (χ0n) is 12.1. The van der Waals surface area contributed by atoms with Gasteiger partial charge in [-0.1, -0.05) is 24.6 Å². The van der Waals surface area contributed by atoms with Gasteiger partial charge < -0.3 is 10.4 Å². The predicted octanol–water partition coefficient (Wildman–Crippen LogP) is 2.88. The van der Waals surface area contributed by atoms with Crippen LogP contribution in [0.5, 0.6) is 0 Å². The molecule has 0 radical (unpaired) electrons. The summed E-state index contributed by atoms with van der Waals surface area (Å²) in [4.78, 5) is 0. The fourth-order valence-corrected chi connectivity index (χ4v) is 3.94. The van der Waals surface area contributed by atoms with E-state index in [1.807, 2.05) is 0 Å². The summed E-state index contributed by atoms with van der Waals surface area (Å²) >= 11 is 0. The van der Waals surface area contributed by atoms with Crippen LogP contribution in [0.4, 0.5) is 0 Å². The smallest absolute Gasteiger partial charge is 0.0717 e. The molecule has 2 heterocycles. The van der Waals surface area contributed by atoms with Crippen LogP contribution in [-0.2, 0) is 6.42 Å². The molecule has 0 spiro atoms. The van der Waals surface area contributed by atoms with Crippen molar-refractivity contribution in [3.63, 3.8) is 0 Å². The Morgan fingerprint density at radius 1 is 1.21 bits per heavy atom. The molecule has 2 unspecified atom stereocenters. The topological polar surface area (TPSA) is 32.3 Å². The van der Waals surface area contributed by atoms with Crippen molar-refractivity contribution in [3.05, 3.63) is 34.9 Å². The standard InChI is InChI=1S/C17H25NO/c1-12-5-3-6-14(13(12)2)9-17(19)10-15-7-4-8-16(11-17)18-15/h3,5-6,15-16,18-19H,4,7-11H2,1-2H3. The zero-order valence-corrected chi connectivity index (χ0v) is 12.1. The van der Waals surface area contributed by atoms with Crippen LogP contribution in [-0.4, -0.2) is 22.8 Å². The average molecular weight is 259 g/mol. The van der Waals surface area contributed by atoms with Gasteiger partial charge in [0.05, 0.1) is 5.60 Å². The van der Waals surface area contributed by atoms with Gasteiger partial charge in [0.1, 0.15) is 0 Å². The van der Waals surface area contributed by atoms with Crippen molar-refractivity contribution in [1.82, 2.24) is 5.32 Å². The minimum atomic E-state index is -0.500. The summed E-state index contributed by atoms with van der Waals surface area (Å²) in [7, 11) is 0. The second-order valence-corrected chi connectivity index (χ2v) is 6.66. The molecular formula is C17H25NO. The first-order valence-corrected chi connectivity index (χ1v) is 7.59. The van der Waals surface area contributed by atoms with Gasteiger partial charge in [-0.3, -0.25) is 0 Å².